The van der Waals surface area contributed by atoms with E-state index in [4.69, 9.17) is 9.98 Å². The van der Waals surface area contributed by atoms with Crippen LogP contribution in [0, 0.1) is 0 Å². The number of nitrogens with zero attached hydrogens (tertiary/aromatic N) is 2. The van der Waals surface area contributed by atoms with Crippen LogP contribution in [0.4, 0.5) is 0 Å². The molecule has 1 aliphatic carbocycles. The SMILES string of the molecule is Cl.c1ccc(C2=NC3(CCCCC3)N=C2c2c[nH]c3ccccc23)cc1. The molecule has 1 N–H and O–H groups in total. The van der Waals surface area contributed by atoms with E-state index in [1.165, 1.54) is 30.2 Å². The minimum absolute atomic E-state index is 0. The second kappa shape index (κ2) is 6.73. The predicted octanol–water partition coefficient (Wildman–Crippen LogP) is 5.54. The number of para-hydroxylation sites is 1. The molecule has 0 bridgehead atoms. The normalized spacial score (nSPS) is 18.5. The summed E-state index contributed by atoms with van der Waals surface area (Å²) >= 11 is 0. The van der Waals surface area contributed by atoms with Crippen molar-refractivity contribution in [3.63, 3.8) is 0 Å². The molecule has 132 valence electrons. The molecule has 0 saturated heterocycles. The zero-order chi connectivity index (χ0) is 16.7. The van der Waals surface area contributed by atoms with Crippen LogP contribution in [0.25, 0.3) is 10.9 Å². The van der Waals surface area contributed by atoms with Crippen LogP contribution < -0.4 is 0 Å². The fraction of sp³-hybridized carbons (Fsp3) is 0.273. The van der Waals surface area contributed by atoms with E-state index in [2.05, 4.69) is 65.8 Å². The van der Waals surface area contributed by atoms with E-state index in [9.17, 15) is 0 Å². The fourth-order valence-corrected chi connectivity index (χ4v) is 4.14. The molecule has 2 heterocycles. The lowest BCUT2D eigenvalue weighted by molar-refractivity contribution is 0.316. The maximum absolute atomic E-state index is 5.22. The minimum atomic E-state index is -0.239. The van der Waals surface area contributed by atoms with Gasteiger partial charge in [0.25, 0.3) is 0 Å². The van der Waals surface area contributed by atoms with E-state index < -0.39 is 0 Å². The maximum atomic E-state index is 5.22. The maximum Gasteiger partial charge on any atom is 0.151 e. The van der Waals surface area contributed by atoms with Crippen molar-refractivity contribution < 1.29 is 0 Å². The molecule has 0 atom stereocenters. The summed E-state index contributed by atoms with van der Waals surface area (Å²) in [6.45, 7) is 0. The lowest BCUT2D eigenvalue weighted by Crippen LogP contribution is -2.25. The van der Waals surface area contributed by atoms with Crippen molar-refractivity contribution in [3.8, 4) is 0 Å². The molecular formula is C22H22ClN3. The minimum Gasteiger partial charge on any atom is -0.360 e. The van der Waals surface area contributed by atoms with Crippen molar-refractivity contribution in [2.24, 2.45) is 9.98 Å². The highest BCUT2D eigenvalue weighted by atomic mass is 35.5. The Kier molecular flexibility index (Phi) is 4.41. The van der Waals surface area contributed by atoms with Crippen molar-refractivity contribution in [1.82, 2.24) is 4.98 Å². The number of aliphatic imine (C=N–C) groups is 2. The number of benzene rings is 2. The highest BCUT2D eigenvalue weighted by Crippen LogP contribution is 2.38. The summed E-state index contributed by atoms with van der Waals surface area (Å²) in [6, 6.07) is 18.9. The number of hydrogen-bond donors (Lipinski definition) is 1. The number of hydrogen-bond acceptors (Lipinski definition) is 2. The van der Waals surface area contributed by atoms with E-state index >= 15 is 0 Å². The van der Waals surface area contributed by atoms with Gasteiger partial charge < -0.3 is 4.98 Å². The number of aromatic nitrogens is 1. The predicted molar refractivity (Wildman–Crippen MR) is 111 cm³/mol. The highest BCUT2D eigenvalue weighted by molar-refractivity contribution is 6.56. The molecule has 2 aliphatic rings. The van der Waals surface area contributed by atoms with Crippen LogP contribution in [0.5, 0.6) is 0 Å². The fourth-order valence-electron chi connectivity index (χ4n) is 4.14. The summed E-state index contributed by atoms with van der Waals surface area (Å²) in [7, 11) is 0. The summed E-state index contributed by atoms with van der Waals surface area (Å²) in [5.74, 6) is 0. The van der Waals surface area contributed by atoms with Gasteiger partial charge in [-0.15, -0.1) is 12.4 Å². The van der Waals surface area contributed by atoms with Crippen LogP contribution in [0.3, 0.4) is 0 Å². The molecule has 26 heavy (non-hydrogen) atoms. The summed E-state index contributed by atoms with van der Waals surface area (Å²) in [4.78, 5) is 13.8. The smallest absolute Gasteiger partial charge is 0.151 e. The van der Waals surface area contributed by atoms with Gasteiger partial charge in [-0.2, -0.15) is 0 Å². The largest absolute Gasteiger partial charge is 0.360 e. The van der Waals surface area contributed by atoms with E-state index in [1.807, 2.05) is 0 Å². The number of nitrogens with one attached hydrogen (secondary N) is 1. The van der Waals surface area contributed by atoms with Gasteiger partial charge in [-0.3, -0.25) is 9.98 Å². The van der Waals surface area contributed by atoms with Crippen LogP contribution in [0.2, 0.25) is 0 Å². The number of halogens is 1. The van der Waals surface area contributed by atoms with Crippen molar-refractivity contribution in [2.45, 2.75) is 37.8 Å². The van der Waals surface area contributed by atoms with E-state index in [0.29, 0.717) is 0 Å². The summed E-state index contributed by atoms with van der Waals surface area (Å²) in [6.07, 6.45) is 7.95. The summed E-state index contributed by atoms with van der Waals surface area (Å²) in [5, 5.41) is 1.22. The third-order valence-electron chi connectivity index (χ3n) is 5.41. The number of fused-ring (bicyclic) bond motifs is 1. The van der Waals surface area contributed by atoms with Crippen LogP contribution in [-0.2, 0) is 0 Å². The van der Waals surface area contributed by atoms with Gasteiger partial charge in [0, 0.05) is 28.2 Å². The Hall–Kier alpha value is -2.39. The molecule has 1 aromatic heterocycles. The first kappa shape index (κ1) is 17.0. The first-order chi connectivity index (χ1) is 12.3. The molecule has 5 rings (SSSR count). The van der Waals surface area contributed by atoms with Gasteiger partial charge in [0.1, 0.15) is 0 Å². The molecule has 4 heteroatoms. The highest BCUT2D eigenvalue weighted by Gasteiger charge is 2.38. The Bertz CT molecular complexity index is 979. The Morgan fingerprint density at radius 2 is 1.46 bits per heavy atom. The molecule has 1 saturated carbocycles. The number of aromatic amines is 1. The lowest BCUT2D eigenvalue weighted by Gasteiger charge is -2.27. The van der Waals surface area contributed by atoms with Crippen molar-refractivity contribution in [3.05, 3.63) is 71.9 Å². The average Bonchev–Trinajstić information content (AvgIpc) is 3.25. The monoisotopic (exact) mass is 363 g/mol. The molecule has 2 aromatic carbocycles. The number of H-pyrrole nitrogens is 1. The molecule has 0 radical (unpaired) electrons. The van der Waals surface area contributed by atoms with Gasteiger partial charge in [-0.05, 0) is 31.7 Å². The van der Waals surface area contributed by atoms with Gasteiger partial charge in [0.05, 0.1) is 11.4 Å². The molecule has 0 amide bonds. The quantitative estimate of drug-likeness (QED) is 0.620. The molecule has 3 nitrogen and oxygen atoms in total. The van der Waals surface area contributed by atoms with Crippen LogP contribution in [0.1, 0.15) is 43.2 Å². The Morgan fingerprint density at radius 1 is 0.769 bits per heavy atom. The van der Waals surface area contributed by atoms with E-state index in [0.717, 1.165) is 35.3 Å². The second-order valence-electron chi connectivity index (χ2n) is 7.08. The van der Waals surface area contributed by atoms with E-state index in [-0.39, 0.29) is 18.1 Å². The summed E-state index contributed by atoms with van der Waals surface area (Å²) < 4.78 is 0. The zero-order valence-corrected chi connectivity index (χ0v) is 15.4. The van der Waals surface area contributed by atoms with Gasteiger partial charge in [0.15, 0.2) is 5.66 Å². The first-order valence-corrected chi connectivity index (χ1v) is 9.17. The van der Waals surface area contributed by atoms with Gasteiger partial charge in [-0.25, -0.2) is 0 Å². The van der Waals surface area contributed by atoms with E-state index in [1.54, 1.807) is 0 Å². The average molecular weight is 364 g/mol. The molecule has 1 aliphatic heterocycles. The zero-order valence-electron chi connectivity index (χ0n) is 14.6. The third kappa shape index (κ3) is 2.77. The standard InChI is InChI=1S/C22H21N3.ClH/c1-3-9-16(10-4-1)20-21(25-22(24-20)13-7-2-8-14-22)18-15-23-19-12-6-5-11-17(18)19;/h1,3-6,9-12,15,23H,2,7-8,13-14H2;1H. The van der Waals surface area contributed by atoms with Crippen molar-refractivity contribution >= 4 is 34.7 Å². The van der Waals surface area contributed by atoms with Crippen LogP contribution in [-0.4, -0.2) is 22.1 Å². The van der Waals surface area contributed by atoms with Gasteiger partial charge in [-0.1, -0.05) is 55.0 Å². The Labute approximate surface area is 159 Å². The topological polar surface area (TPSA) is 40.5 Å². The molecular weight excluding hydrogens is 342 g/mol. The van der Waals surface area contributed by atoms with Gasteiger partial charge >= 0.3 is 0 Å². The lowest BCUT2D eigenvalue weighted by atomic mass is 9.90. The number of rotatable bonds is 2. The van der Waals surface area contributed by atoms with Gasteiger partial charge in [0.2, 0.25) is 0 Å². The van der Waals surface area contributed by atoms with Crippen molar-refractivity contribution in [1.29, 1.82) is 0 Å². The van der Waals surface area contributed by atoms with Crippen molar-refractivity contribution in [2.75, 3.05) is 0 Å². The van der Waals surface area contributed by atoms with Crippen LogP contribution in [0.15, 0.2) is 70.8 Å². The third-order valence-corrected chi connectivity index (χ3v) is 5.41. The van der Waals surface area contributed by atoms with Crippen LogP contribution >= 0.6 is 12.4 Å². The summed E-state index contributed by atoms with van der Waals surface area (Å²) in [5.41, 5.74) is 5.33. The molecule has 1 spiro atoms. The first-order valence-electron chi connectivity index (χ1n) is 9.17. The molecule has 3 aromatic rings. The second-order valence-corrected chi connectivity index (χ2v) is 7.08. The Balaban J connectivity index is 0.00000168. The Morgan fingerprint density at radius 3 is 2.27 bits per heavy atom. The molecule has 0 unspecified atom stereocenters. The molecule has 1 fully saturated rings.